The predicted octanol–water partition coefficient (Wildman–Crippen LogP) is 4.29. The average Bonchev–Trinajstić information content (AvgIpc) is 3.36. The van der Waals surface area contributed by atoms with Gasteiger partial charge in [-0.1, -0.05) is 28.1 Å². The van der Waals surface area contributed by atoms with Gasteiger partial charge in [0.2, 0.25) is 5.76 Å². The van der Waals surface area contributed by atoms with Gasteiger partial charge in [-0.3, -0.25) is 9.59 Å². The molecule has 0 spiro atoms. The van der Waals surface area contributed by atoms with E-state index in [-0.39, 0.29) is 23.2 Å². The molecule has 0 aliphatic carbocycles. The zero-order chi connectivity index (χ0) is 20.8. The van der Waals surface area contributed by atoms with Gasteiger partial charge in [-0.15, -0.1) is 0 Å². The van der Waals surface area contributed by atoms with Crippen LogP contribution in [0.3, 0.4) is 0 Å². The molecule has 2 aliphatic rings. The molecule has 0 bridgehead atoms. The molecule has 6 nitrogen and oxygen atoms in total. The van der Waals surface area contributed by atoms with Crippen LogP contribution in [0.15, 0.2) is 56.1 Å². The fourth-order valence-electron chi connectivity index (χ4n) is 4.35. The molecule has 2 aliphatic heterocycles. The van der Waals surface area contributed by atoms with Gasteiger partial charge in [0.05, 0.1) is 30.2 Å². The molecule has 3 aromatic rings. The molecular weight excluding hydrogens is 450 g/mol. The largest absolute Gasteiger partial charge is 0.497 e. The van der Waals surface area contributed by atoms with E-state index in [1.54, 1.807) is 30.2 Å². The van der Waals surface area contributed by atoms with E-state index in [1.807, 2.05) is 24.3 Å². The summed E-state index contributed by atoms with van der Waals surface area (Å²) < 4.78 is 17.9. The van der Waals surface area contributed by atoms with Crippen molar-refractivity contribution in [3.63, 3.8) is 0 Å². The topological polar surface area (TPSA) is 69.0 Å². The number of ether oxygens (including phenoxy) is 2. The first-order valence-corrected chi connectivity index (χ1v) is 10.7. The smallest absolute Gasteiger partial charge is 0.291 e. The summed E-state index contributed by atoms with van der Waals surface area (Å²) in [6, 6.07) is 12.1. The minimum Gasteiger partial charge on any atom is -0.497 e. The summed E-state index contributed by atoms with van der Waals surface area (Å²) in [5.74, 6) is 0.495. The normalized spacial score (nSPS) is 20.7. The van der Waals surface area contributed by atoms with Crippen LogP contribution in [0, 0.1) is 0 Å². The van der Waals surface area contributed by atoms with Gasteiger partial charge in [0.1, 0.15) is 11.3 Å². The molecular formula is C23H20BrNO5. The third-order valence-electron chi connectivity index (χ3n) is 5.76. The summed E-state index contributed by atoms with van der Waals surface area (Å²) in [5.41, 5.74) is 1.39. The van der Waals surface area contributed by atoms with Gasteiger partial charge in [-0.25, -0.2) is 0 Å². The van der Waals surface area contributed by atoms with Crippen LogP contribution in [0.1, 0.15) is 40.6 Å². The van der Waals surface area contributed by atoms with Gasteiger partial charge in [0, 0.05) is 17.6 Å². The molecule has 0 saturated carbocycles. The highest BCUT2D eigenvalue weighted by Crippen LogP contribution is 2.40. The maximum Gasteiger partial charge on any atom is 0.291 e. The van der Waals surface area contributed by atoms with Crippen molar-refractivity contribution in [3.05, 3.63) is 74.0 Å². The van der Waals surface area contributed by atoms with Crippen molar-refractivity contribution in [2.45, 2.75) is 25.0 Å². The number of halogens is 1. The van der Waals surface area contributed by atoms with Crippen LogP contribution < -0.4 is 10.2 Å². The van der Waals surface area contributed by atoms with E-state index in [0.717, 1.165) is 22.9 Å². The molecule has 0 N–H and O–H groups in total. The molecule has 2 aromatic carbocycles. The summed E-state index contributed by atoms with van der Waals surface area (Å²) in [6.07, 6.45) is 1.81. The molecule has 30 heavy (non-hydrogen) atoms. The SMILES string of the molecule is COc1cccc([C@@H]2c3c(oc4ccc(Br)cc4c3=O)C(=O)N2C[C@@H]2CCCO2)c1. The van der Waals surface area contributed by atoms with E-state index in [2.05, 4.69) is 15.9 Å². The highest BCUT2D eigenvalue weighted by molar-refractivity contribution is 9.10. The molecule has 3 heterocycles. The van der Waals surface area contributed by atoms with Crippen LogP contribution in [0.25, 0.3) is 11.0 Å². The molecule has 1 fully saturated rings. The van der Waals surface area contributed by atoms with Crippen LogP contribution in [0.5, 0.6) is 5.75 Å². The van der Waals surface area contributed by atoms with Crippen molar-refractivity contribution in [1.82, 2.24) is 4.90 Å². The van der Waals surface area contributed by atoms with Crippen LogP contribution in [0.4, 0.5) is 0 Å². The van der Waals surface area contributed by atoms with Gasteiger partial charge < -0.3 is 18.8 Å². The fraction of sp³-hybridized carbons (Fsp3) is 0.304. The van der Waals surface area contributed by atoms with E-state index in [0.29, 0.717) is 35.4 Å². The lowest BCUT2D eigenvalue weighted by molar-refractivity contribution is 0.0486. The second-order valence-corrected chi connectivity index (χ2v) is 8.50. The van der Waals surface area contributed by atoms with E-state index in [4.69, 9.17) is 13.9 Å². The van der Waals surface area contributed by atoms with Crippen molar-refractivity contribution in [1.29, 1.82) is 0 Å². The van der Waals surface area contributed by atoms with Crippen molar-refractivity contribution >= 4 is 32.8 Å². The number of carbonyl (C=O) groups excluding carboxylic acids is 1. The van der Waals surface area contributed by atoms with Crippen LogP contribution in [0.2, 0.25) is 0 Å². The van der Waals surface area contributed by atoms with E-state index in [9.17, 15) is 9.59 Å². The van der Waals surface area contributed by atoms with Gasteiger partial charge >= 0.3 is 0 Å². The molecule has 1 saturated heterocycles. The summed E-state index contributed by atoms with van der Waals surface area (Å²) in [5, 5.41) is 0.447. The molecule has 0 radical (unpaired) electrons. The third-order valence-corrected chi connectivity index (χ3v) is 6.25. The predicted molar refractivity (Wildman–Crippen MR) is 115 cm³/mol. The molecule has 5 rings (SSSR count). The lowest BCUT2D eigenvalue weighted by atomic mass is 9.98. The standard InChI is InChI=1S/C23H20BrNO5/c1-28-15-5-2-4-13(10-15)20-19-21(26)17-11-14(24)7-8-18(17)30-22(19)23(27)25(20)12-16-6-3-9-29-16/h2,4-5,7-8,10-11,16,20H,3,6,9,12H2,1H3/t16-,20+/m0/s1. The Bertz CT molecular complexity index is 1200. The average molecular weight is 470 g/mol. The van der Waals surface area contributed by atoms with E-state index in [1.165, 1.54) is 0 Å². The van der Waals surface area contributed by atoms with Crippen LogP contribution in [-0.4, -0.2) is 37.2 Å². The zero-order valence-electron chi connectivity index (χ0n) is 16.4. The summed E-state index contributed by atoms with van der Waals surface area (Å²) in [4.78, 5) is 28.6. The summed E-state index contributed by atoms with van der Waals surface area (Å²) in [6.45, 7) is 1.10. The lowest BCUT2D eigenvalue weighted by Gasteiger charge is -2.27. The fourth-order valence-corrected chi connectivity index (χ4v) is 4.71. The second kappa shape index (κ2) is 7.56. The molecule has 1 aromatic heterocycles. The van der Waals surface area contributed by atoms with Crippen LogP contribution in [-0.2, 0) is 4.74 Å². The Labute approximate surface area is 181 Å². The zero-order valence-corrected chi connectivity index (χ0v) is 18.0. The first-order chi connectivity index (χ1) is 14.6. The Hall–Kier alpha value is -2.64. The first-order valence-electron chi connectivity index (χ1n) is 9.89. The van der Waals surface area contributed by atoms with Crippen LogP contribution >= 0.6 is 15.9 Å². The monoisotopic (exact) mass is 469 g/mol. The second-order valence-electron chi connectivity index (χ2n) is 7.59. The van der Waals surface area contributed by atoms with E-state index >= 15 is 0 Å². The molecule has 154 valence electrons. The van der Waals surface area contributed by atoms with Crippen molar-refractivity contribution in [3.8, 4) is 5.75 Å². The molecule has 2 atom stereocenters. The summed E-state index contributed by atoms with van der Waals surface area (Å²) in [7, 11) is 1.59. The maximum absolute atomic E-state index is 13.5. The highest BCUT2D eigenvalue weighted by atomic mass is 79.9. The summed E-state index contributed by atoms with van der Waals surface area (Å²) >= 11 is 3.42. The van der Waals surface area contributed by atoms with Gasteiger partial charge in [0.15, 0.2) is 5.43 Å². The molecule has 0 unspecified atom stereocenters. The Balaban J connectivity index is 1.71. The third kappa shape index (κ3) is 3.13. The Morgan fingerprint density at radius 2 is 2.07 bits per heavy atom. The van der Waals surface area contributed by atoms with Gasteiger partial charge in [-0.05, 0) is 48.7 Å². The highest BCUT2D eigenvalue weighted by Gasteiger charge is 2.44. The quantitative estimate of drug-likeness (QED) is 0.569. The number of nitrogens with zero attached hydrogens (tertiary/aromatic N) is 1. The van der Waals surface area contributed by atoms with E-state index < -0.39 is 6.04 Å². The number of hydrogen-bond acceptors (Lipinski definition) is 5. The van der Waals surface area contributed by atoms with Gasteiger partial charge in [-0.2, -0.15) is 0 Å². The maximum atomic E-state index is 13.5. The number of benzene rings is 2. The Morgan fingerprint density at radius 3 is 2.83 bits per heavy atom. The lowest BCUT2D eigenvalue weighted by Crippen LogP contribution is -2.36. The molecule has 7 heteroatoms. The minimum atomic E-state index is -0.550. The number of fused-ring (bicyclic) bond motifs is 2. The minimum absolute atomic E-state index is 0.0463. The van der Waals surface area contributed by atoms with Crippen molar-refractivity contribution in [2.75, 3.05) is 20.3 Å². The number of amides is 1. The Kier molecular flexibility index (Phi) is 4.87. The van der Waals surface area contributed by atoms with Crippen molar-refractivity contribution in [2.24, 2.45) is 0 Å². The number of rotatable bonds is 4. The molecule has 1 amide bonds. The van der Waals surface area contributed by atoms with Gasteiger partial charge in [0.25, 0.3) is 5.91 Å². The number of carbonyl (C=O) groups is 1. The van der Waals surface area contributed by atoms with Crippen molar-refractivity contribution < 1.29 is 18.7 Å². The first kappa shape index (κ1) is 19.3. The Morgan fingerprint density at radius 1 is 1.20 bits per heavy atom. The number of methoxy groups -OCH3 is 1. The number of hydrogen-bond donors (Lipinski definition) is 0.